The van der Waals surface area contributed by atoms with Crippen LogP contribution >= 0.6 is 0 Å². The molecule has 1 atom stereocenters. The van der Waals surface area contributed by atoms with E-state index in [9.17, 15) is 18.4 Å². The lowest BCUT2D eigenvalue weighted by atomic mass is 10.0. The second-order valence-electron chi connectivity index (χ2n) is 5.02. The summed E-state index contributed by atoms with van der Waals surface area (Å²) in [6.45, 7) is 1.00. The largest absolute Gasteiger partial charge is 0.368 e. The molecule has 0 saturated carbocycles. The lowest BCUT2D eigenvalue weighted by Gasteiger charge is -2.34. The van der Waals surface area contributed by atoms with Crippen molar-refractivity contribution in [2.45, 2.75) is 18.9 Å². The van der Waals surface area contributed by atoms with Gasteiger partial charge in [-0.1, -0.05) is 0 Å². The number of nitrogens with one attached hydrogen (secondary N) is 1. The predicted molar refractivity (Wildman–Crippen MR) is 72.5 cm³/mol. The first kappa shape index (κ1) is 15.4. The van der Waals surface area contributed by atoms with Crippen LogP contribution in [0.1, 0.15) is 23.2 Å². The Morgan fingerprint density at radius 3 is 2.76 bits per heavy atom. The summed E-state index contributed by atoms with van der Waals surface area (Å²) in [5.74, 6) is -2.94. The van der Waals surface area contributed by atoms with Crippen molar-refractivity contribution in [3.05, 3.63) is 35.4 Å². The van der Waals surface area contributed by atoms with Gasteiger partial charge in [0, 0.05) is 12.6 Å². The van der Waals surface area contributed by atoms with Gasteiger partial charge in [-0.2, -0.15) is 0 Å². The molecule has 1 saturated heterocycles. The van der Waals surface area contributed by atoms with Crippen molar-refractivity contribution in [1.82, 2.24) is 10.2 Å². The Kier molecular flexibility index (Phi) is 4.85. The molecule has 0 radical (unpaired) electrons. The van der Waals surface area contributed by atoms with Crippen LogP contribution in [0.25, 0.3) is 0 Å². The summed E-state index contributed by atoms with van der Waals surface area (Å²) in [6, 6.07) is 2.40. The predicted octanol–water partition coefficient (Wildman–Crippen LogP) is 0.644. The van der Waals surface area contributed by atoms with E-state index in [4.69, 9.17) is 5.73 Å². The molecule has 1 aromatic carbocycles. The summed E-state index contributed by atoms with van der Waals surface area (Å²) in [4.78, 5) is 24.8. The molecule has 0 bridgehead atoms. The third-order valence-electron chi connectivity index (χ3n) is 3.46. The van der Waals surface area contributed by atoms with Gasteiger partial charge in [-0.25, -0.2) is 8.78 Å². The first-order valence-corrected chi connectivity index (χ1v) is 6.74. The average Bonchev–Trinajstić information content (AvgIpc) is 2.47. The lowest BCUT2D eigenvalue weighted by molar-refractivity contribution is -0.119. The summed E-state index contributed by atoms with van der Waals surface area (Å²) in [5.41, 5.74) is 4.78. The number of benzene rings is 1. The molecule has 7 heteroatoms. The number of nitrogens with two attached hydrogens (primary N) is 1. The molecule has 5 nitrogen and oxygen atoms in total. The van der Waals surface area contributed by atoms with Gasteiger partial charge < -0.3 is 16.0 Å². The van der Waals surface area contributed by atoms with Gasteiger partial charge in [-0.3, -0.25) is 9.59 Å². The zero-order valence-electron chi connectivity index (χ0n) is 11.4. The highest BCUT2D eigenvalue weighted by Gasteiger charge is 2.29. The number of hydrogen-bond acceptors (Lipinski definition) is 3. The molecule has 0 spiro atoms. The summed E-state index contributed by atoms with van der Waals surface area (Å²) in [5, 5.41) is 3.11. The fraction of sp³-hybridized carbons (Fsp3) is 0.429. The number of hydrogen-bond donors (Lipinski definition) is 2. The molecule has 3 N–H and O–H groups in total. The first-order valence-electron chi connectivity index (χ1n) is 6.74. The highest BCUT2D eigenvalue weighted by molar-refractivity contribution is 5.96. The monoisotopic (exact) mass is 297 g/mol. The maximum atomic E-state index is 13.7. The second-order valence-corrected chi connectivity index (χ2v) is 5.02. The van der Waals surface area contributed by atoms with Crippen molar-refractivity contribution in [3.8, 4) is 0 Å². The van der Waals surface area contributed by atoms with Crippen molar-refractivity contribution >= 4 is 11.8 Å². The molecule has 2 rings (SSSR count). The molecule has 1 fully saturated rings. The second kappa shape index (κ2) is 6.62. The van der Waals surface area contributed by atoms with Crippen LogP contribution in [0.2, 0.25) is 0 Å². The Bertz CT molecular complexity index is 545. The fourth-order valence-corrected chi connectivity index (χ4v) is 2.45. The number of halogens is 2. The molecule has 114 valence electrons. The average molecular weight is 297 g/mol. The van der Waals surface area contributed by atoms with Crippen molar-refractivity contribution in [3.63, 3.8) is 0 Å². The minimum Gasteiger partial charge on any atom is -0.368 e. The normalized spacial score (nSPS) is 18.3. The summed E-state index contributed by atoms with van der Waals surface area (Å²) >= 11 is 0. The van der Waals surface area contributed by atoms with Crippen LogP contribution in [0.3, 0.4) is 0 Å². The summed E-state index contributed by atoms with van der Waals surface area (Å²) in [7, 11) is 0. The van der Waals surface area contributed by atoms with Crippen LogP contribution in [-0.4, -0.2) is 42.4 Å². The van der Waals surface area contributed by atoms with E-state index in [1.807, 2.05) is 0 Å². The molecular formula is C14H17F2N3O2. The van der Waals surface area contributed by atoms with E-state index in [2.05, 4.69) is 5.32 Å². The molecule has 21 heavy (non-hydrogen) atoms. The van der Waals surface area contributed by atoms with E-state index in [1.165, 1.54) is 4.90 Å². The van der Waals surface area contributed by atoms with Crippen LogP contribution < -0.4 is 11.1 Å². The van der Waals surface area contributed by atoms with Crippen LogP contribution in [0, 0.1) is 11.6 Å². The molecule has 1 heterocycles. The van der Waals surface area contributed by atoms with Crippen LogP contribution in [0.5, 0.6) is 0 Å². The number of carbonyl (C=O) groups excluding carboxylic acids is 2. The standard InChI is InChI=1S/C14H17F2N3O2/c15-9-3-4-12(16)11(6-9)14(21)19(8-13(17)20)10-2-1-5-18-7-10/h3-4,6,10,18H,1-2,5,7-8H2,(H2,17,20). The SMILES string of the molecule is NC(=O)CN(C(=O)c1cc(F)ccc1F)C1CCCNC1. The number of primary amides is 1. The molecule has 0 aliphatic carbocycles. The van der Waals surface area contributed by atoms with E-state index in [0.29, 0.717) is 13.0 Å². The van der Waals surface area contributed by atoms with Crippen molar-refractivity contribution in [1.29, 1.82) is 0 Å². The molecule has 1 aromatic rings. The topological polar surface area (TPSA) is 75.4 Å². The molecule has 2 amide bonds. The molecule has 1 aliphatic rings. The summed E-state index contributed by atoms with van der Waals surface area (Å²) < 4.78 is 27.0. The van der Waals surface area contributed by atoms with Crippen molar-refractivity contribution < 1.29 is 18.4 Å². The maximum absolute atomic E-state index is 13.7. The van der Waals surface area contributed by atoms with Gasteiger partial charge in [0.2, 0.25) is 5.91 Å². The van der Waals surface area contributed by atoms with Crippen LogP contribution in [0.4, 0.5) is 8.78 Å². The number of piperidine rings is 1. The van der Waals surface area contributed by atoms with Gasteiger partial charge in [0.05, 0.1) is 12.1 Å². The molecular weight excluding hydrogens is 280 g/mol. The Morgan fingerprint density at radius 1 is 1.38 bits per heavy atom. The van der Waals surface area contributed by atoms with Crippen molar-refractivity contribution in [2.24, 2.45) is 5.73 Å². The molecule has 1 aliphatic heterocycles. The number of amides is 2. The quantitative estimate of drug-likeness (QED) is 0.856. The van der Waals surface area contributed by atoms with Gasteiger partial charge in [0.15, 0.2) is 0 Å². The Hall–Kier alpha value is -2.02. The third kappa shape index (κ3) is 3.75. The van der Waals surface area contributed by atoms with Crippen molar-refractivity contribution in [2.75, 3.05) is 19.6 Å². The van der Waals surface area contributed by atoms with E-state index in [0.717, 1.165) is 31.2 Å². The summed E-state index contributed by atoms with van der Waals surface area (Å²) in [6.07, 6.45) is 1.52. The van der Waals surface area contributed by atoms with Crippen LogP contribution in [0.15, 0.2) is 18.2 Å². The fourth-order valence-electron chi connectivity index (χ4n) is 2.45. The van der Waals surface area contributed by atoms with Gasteiger partial charge >= 0.3 is 0 Å². The Morgan fingerprint density at radius 2 is 2.14 bits per heavy atom. The van der Waals surface area contributed by atoms with E-state index in [-0.39, 0.29) is 18.2 Å². The zero-order chi connectivity index (χ0) is 15.4. The highest BCUT2D eigenvalue weighted by Crippen LogP contribution is 2.17. The van der Waals surface area contributed by atoms with E-state index in [1.54, 1.807) is 0 Å². The molecule has 1 unspecified atom stereocenters. The highest BCUT2D eigenvalue weighted by atomic mass is 19.1. The smallest absolute Gasteiger partial charge is 0.257 e. The minimum absolute atomic E-state index is 0.263. The minimum atomic E-state index is -0.820. The molecule has 0 aromatic heterocycles. The van der Waals surface area contributed by atoms with E-state index >= 15 is 0 Å². The van der Waals surface area contributed by atoms with Gasteiger partial charge in [0.25, 0.3) is 5.91 Å². The van der Waals surface area contributed by atoms with Gasteiger partial charge in [0.1, 0.15) is 11.6 Å². The van der Waals surface area contributed by atoms with Gasteiger partial charge in [-0.15, -0.1) is 0 Å². The Labute approximate surface area is 121 Å². The maximum Gasteiger partial charge on any atom is 0.257 e. The Balaban J connectivity index is 2.28. The number of carbonyl (C=O) groups is 2. The zero-order valence-corrected chi connectivity index (χ0v) is 11.4. The van der Waals surface area contributed by atoms with E-state index < -0.39 is 23.4 Å². The number of nitrogens with zero attached hydrogens (tertiary/aromatic N) is 1. The van der Waals surface area contributed by atoms with Gasteiger partial charge in [-0.05, 0) is 37.6 Å². The first-order chi connectivity index (χ1) is 9.99. The van der Waals surface area contributed by atoms with Crippen LogP contribution in [-0.2, 0) is 4.79 Å². The third-order valence-corrected chi connectivity index (χ3v) is 3.46. The number of rotatable bonds is 4. The lowest BCUT2D eigenvalue weighted by Crippen LogP contribution is -2.51.